The number of likely N-dealkylation sites (tertiary alicyclic amines) is 3. The van der Waals surface area contributed by atoms with Crippen LogP contribution in [0.4, 0.5) is 28.0 Å². The van der Waals surface area contributed by atoms with Gasteiger partial charge in [-0.3, -0.25) is 9.80 Å². The molecule has 4 saturated heterocycles. The lowest BCUT2D eigenvalue weighted by Gasteiger charge is -2.55. The molecule has 10 nitrogen and oxygen atoms in total. The molecule has 8 rings (SSSR count). The van der Waals surface area contributed by atoms with Crippen molar-refractivity contribution < 1.29 is 37.3 Å². The van der Waals surface area contributed by atoms with Gasteiger partial charge in [0, 0.05) is 128 Å². The van der Waals surface area contributed by atoms with E-state index in [4.69, 9.17) is 5.26 Å². The number of aliphatic hydroxyl groups is 2. The molecule has 4 bridgehead atoms. The van der Waals surface area contributed by atoms with Crippen LogP contribution in [0.3, 0.4) is 0 Å². The topological polar surface area (TPSA) is 124 Å². The SMILES string of the molecule is C=CCN1CC2CN(C(=O)Nc3cc(F)cc(F)c3)CC(C1)C2(O)c1ccc(Br)cc1.C=CCN1CC2CNCC(C1)C2(O)c1ccc(Br)cc1.N#COc1cc(F)cc(F)c1. The summed E-state index contributed by atoms with van der Waals surface area (Å²) in [5.41, 5.74) is 0.172. The summed E-state index contributed by atoms with van der Waals surface area (Å²) < 4.78 is 57.8. The summed E-state index contributed by atoms with van der Waals surface area (Å²) in [5, 5.41) is 37.3. The molecule has 4 aliphatic heterocycles. The first-order valence-corrected chi connectivity index (χ1v) is 21.6. The van der Waals surface area contributed by atoms with Gasteiger partial charge in [-0.25, -0.2) is 22.4 Å². The van der Waals surface area contributed by atoms with E-state index in [2.05, 4.69) is 82.3 Å². The average molecular weight is 985 g/mol. The highest BCUT2D eigenvalue weighted by molar-refractivity contribution is 9.10. The summed E-state index contributed by atoms with van der Waals surface area (Å²) >= 11 is 6.90. The highest BCUT2D eigenvalue weighted by Gasteiger charge is 2.54. The first-order chi connectivity index (χ1) is 29.6. The second-order valence-electron chi connectivity index (χ2n) is 15.9. The standard InChI is InChI=1S/C23H24BrF2N3O2.C16H21BrN2O.C7H3F2NO/c1-2-7-28-11-16-13-29(22(30)27-21-9-19(25)8-20(26)10-21)14-17(12-28)23(16,31)15-3-5-18(24)6-4-15;1-2-7-19-10-13-8-18-9-14(11-19)16(13,20)12-3-5-15(17)6-4-12;8-5-1-6(9)3-7(2-5)11-4-10/h2-6,8-10,16-17,31H,1,7,11-14H2,(H,27,30);2-6,13-14,18,20H,1,7-11H2;1-3H. The second-order valence-corrected chi connectivity index (χ2v) is 17.7. The number of fused-ring (bicyclic) bond motifs is 4. The van der Waals surface area contributed by atoms with E-state index in [1.54, 1.807) is 4.90 Å². The number of hydrogen-bond donors (Lipinski definition) is 4. The number of carbonyl (C=O) groups excluding carboxylic acids is 1. The van der Waals surface area contributed by atoms with Gasteiger partial charge in [-0.1, -0.05) is 68.3 Å². The van der Waals surface area contributed by atoms with Gasteiger partial charge >= 0.3 is 6.03 Å². The van der Waals surface area contributed by atoms with Crippen molar-refractivity contribution in [3.63, 3.8) is 0 Å². The number of carbonyl (C=O) groups is 1. The Kier molecular flexibility index (Phi) is 15.7. The number of amides is 2. The molecular weight excluding hydrogens is 936 g/mol. The van der Waals surface area contributed by atoms with Gasteiger partial charge in [-0.15, -0.1) is 18.4 Å². The first-order valence-electron chi connectivity index (χ1n) is 20.0. The van der Waals surface area contributed by atoms with E-state index in [0.29, 0.717) is 38.8 Å². The fourth-order valence-electron chi connectivity index (χ4n) is 9.17. The van der Waals surface area contributed by atoms with Crippen LogP contribution in [0.1, 0.15) is 11.1 Å². The summed E-state index contributed by atoms with van der Waals surface area (Å²) in [6, 6.07) is 20.8. The lowest BCUT2D eigenvalue weighted by Crippen LogP contribution is -2.66. The van der Waals surface area contributed by atoms with Crippen LogP contribution in [0, 0.1) is 58.5 Å². The monoisotopic (exact) mass is 982 g/mol. The van der Waals surface area contributed by atoms with Crippen molar-refractivity contribution in [1.82, 2.24) is 20.0 Å². The van der Waals surface area contributed by atoms with Gasteiger partial charge in [0.15, 0.2) is 0 Å². The summed E-state index contributed by atoms with van der Waals surface area (Å²) in [5.74, 6) is -3.17. The number of nitrogens with one attached hydrogen (secondary N) is 2. The molecule has 4 unspecified atom stereocenters. The molecule has 4 heterocycles. The number of benzene rings is 4. The number of ether oxygens (including phenoxy) is 1. The molecule has 0 aliphatic carbocycles. The van der Waals surface area contributed by atoms with Crippen LogP contribution < -0.4 is 15.4 Å². The van der Waals surface area contributed by atoms with Gasteiger partial charge < -0.3 is 30.5 Å². The van der Waals surface area contributed by atoms with Crippen LogP contribution in [-0.2, 0) is 11.2 Å². The van der Waals surface area contributed by atoms with E-state index in [1.807, 2.05) is 48.6 Å². The summed E-state index contributed by atoms with van der Waals surface area (Å²) in [6.07, 6.45) is 5.09. The normalized spacial score (nSPS) is 25.4. The minimum absolute atomic E-state index is 0.0645. The van der Waals surface area contributed by atoms with E-state index >= 15 is 0 Å². The molecule has 4 aromatic carbocycles. The number of nitriles is 1. The van der Waals surface area contributed by atoms with Crippen molar-refractivity contribution in [1.29, 1.82) is 5.26 Å². The van der Waals surface area contributed by atoms with Crippen molar-refractivity contribution in [3.05, 3.63) is 154 Å². The lowest BCUT2D eigenvalue weighted by atomic mass is 9.66. The highest BCUT2D eigenvalue weighted by Crippen LogP contribution is 2.46. The van der Waals surface area contributed by atoms with Gasteiger partial charge in [0.2, 0.25) is 0 Å². The predicted molar refractivity (Wildman–Crippen MR) is 236 cm³/mol. The Morgan fingerprint density at radius 3 is 1.55 bits per heavy atom. The van der Waals surface area contributed by atoms with Crippen molar-refractivity contribution in [2.24, 2.45) is 23.7 Å². The minimum atomic E-state index is -1.07. The van der Waals surface area contributed by atoms with Crippen molar-refractivity contribution in [2.75, 3.05) is 70.8 Å². The van der Waals surface area contributed by atoms with E-state index in [0.717, 1.165) is 83.1 Å². The number of anilines is 1. The van der Waals surface area contributed by atoms with Crippen molar-refractivity contribution in [2.45, 2.75) is 11.2 Å². The molecular formula is C46H48Br2F4N6O4. The molecule has 62 heavy (non-hydrogen) atoms. The van der Waals surface area contributed by atoms with Gasteiger partial charge in [0.25, 0.3) is 6.26 Å². The predicted octanol–water partition coefficient (Wildman–Crippen LogP) is 8.00. The first kappa shape index (κ1) is 46.9. The Balaban J connectivity index is 0.000000176. The fraction of sp³-hybridized carbons (Fsp3) is 0.348. The summed E-state index contributed by atoms with van der Waals surface area (Å²) in [4.78, 5) is 19.1. The molecule has 16 heteroatoms. The molecule has 0 aromatic heterocycles. The van der Waals surface area contributed by atoms with Crippen LogP contribution in [0.25, 0.3) is 0 Å². The summed E-state index contributed by atoms with van der Waals surface area (Å²) in [6.45, 7) is 14.7. The summed E-state index contributed by atoms with van der Waals surface area (Å²) in [7, 11) is 0. The Hall–Kier alpha value is -4.60. The van der Waals surface area contributed by atoms with Gasteiger partial charge in [0.1, 0.15) is 40.2 Å². The Labute approximate surface area is 375 Å². The third kappa shape index (κ3) is 10.9. The average Bonchev–Trinajstić information content (AvgIpc) is 3.19. The zero-order valence-corrected chi connectivity index (χ0v) is 37.0. The zero-order valence-electron chi connectivity index (χ0n) is 33.8. The van der Waals surface area contributed by atoms with E-state index < -0.39 is 40.5 Å². The fourth-order valence-corrected chi connectivity index (χ4v) is 9.69. The molecule has 0 saturated carbocycles. The van der Waals surface area contributed by atoms with Crippen LogP contribution >= 0.6 is 31.9 Å². The number of nitrogens with zero attached hydrogens (tertiary/aromatic N) is 4. The maximum atomic E-state index is 13.5. The number of piperidine rings is 4. The highest BCUT2D eigenvalue weighted by atomic mass is 79.9. The van der Waals surface area contributed by atoms with Crippen LogP contribution in [0.2, 0.25) is 0 Å². The number of rotatable bonds is 8. The molecule has 0 radical (unpaired) electrons. The van der Waals surface area contributed by atoms with Gasteiger partial charge in [-0.05, 0) is 47.5 Å². The largest absolute Gasteiger partial charge is 0.388 e. The molecule has 0 spiro atoms. The van der Waals surface area contributed by atoms with Crippen LogP contribution in [0.5, 0.6) is 5.75 Å². The van der Waals surface area contributed by atoms with Gasteiger partial charge in [-0.2, -0.15) is 0 Å². The maximum Gasteiger partial charge on any atom is 0.321 e. The Morgan fingerprint density at radius 1 is 0.726 bits per heavy atom. The molecule has 2 amide bonds. The quantitative estimate of drug-likeness (QED) is 0.0797. The van der Waals surface area contributed by atoms with Gasteiger partial charge in [0.05, 0.1) is 0 Å². The molecule has 328 valence electrons. The molecule has 4 atom stereocenters. The number of halogens is 6. The Bertz CT molecular complexity index is 2180. The van der Waals surface area contributed by atoms with E-state index in [1.165, 1.54) is 6.26 Å². The van der Waals surface area contributed by atoms with Crippen LogP contribution in [0.15, 0.2) is 119 Å². The molecule has 4 aliphatic rings. The third-order valence-electron chi connectivity index (χ3n) is 11.9. The van der Waals surface area contributed by atoms with E-state index in [9.17, 15) is 32.6 Å². The van der Waals surface area contributed by atoms with Crippen molar-refractivity contribution >= 4 is 43.6 Å². The van der Waals surface area contributed by atoms with E-state index in [-0.39, 0.29) is 35.1 Å². The Morgan fingerprint density at radius 2 is 1.13 bits per heavy atom. The zero-order chi connectivity index (χ0) is 44.6. The van der Waals surface area contributed by atoms with Crippen molar-refractivity contribution in [3.8, 4) is 12.0 Å². The number of urea groups is 1. The minimum Gasteiger partial charge on any atom is -0.388 e. The second kappa shape index (κ2) is 20.7. The molecule has 4 N–H and O–H groups in total. The molecule has 4 aromatic rings. The van der Waals surface area contributed by atoms with Crippen LogP contribution in [-0.4, -0.2) is 96.4 Å². The number of hydrogen-bond acceptors (Lipinski definition) is 8. The maximum absolute atomic E-state index is 13.5. The smallest absolute Gasteiger partial charge is 0.321 e. The lowest BCUT2D eigenvalue weighted by molar-refractivity contribution is -0.155. The third-order valence-corrected chi connectivity index (χ3v) is 12.9. The molecule has 4 fully saturated rings.